The summed E-state index contributed by atoms with van der Waals surface area (Å²) in [5.74, 6) is 0.272. The van der Waals surface area contributed by atoms with Crippen LogP contribution in [0, 0.1) is 10.1 Å². The molecule has 0 bridgehead atoms. The third-order valence-corrected chi connectivity index (χ3v) is 4.29. The van der Waals surface area contributed by atoms with Crippen LogP contribution >= 0.6 is 27.5 Å². The number of amides is 1. The van der Waals surface area contributed by atoms with Gasteiger partial charge in [0.2, 0.25) is 0 Å². The lowest BCUT2D eigenvalue weighted by molar-refractivity contribution is -0.385. The maximum absolute atomic E-state index is 12.5. The minimum absolute atomic E-state index is 0.158. The molecule has 0 fully saturated rings. The van der Waals surface area contributed by atoms with Gasteiger partial charge in [-0.25, -0.2) is 0 Å². The minimum atomic E-state index is -0.541. The van der Waals surface area contributed by atoms with Crippen molar-refractivity contribution in [3.8, 4) is 5.75 Å². The second-order valence-electron chi connectivity index (χ2n) is 5.04. The summed E-state index contributed by atoms with van der Waals surface area (Å²) >= 11 is 9.09. The largest absolute Gasteiger partial charge is 0.496 e. The zero-order chi connectivity index (χ0) is 17.9. The van der Waals surface area contributed by atoms with E-state index in [1.54, 1.807) is 25.2 Å². The molecule has 0 N–H and O–H groups in total. The number of nitrogens with zero attached hydrogens (tertiary/aromatic N) is 2. The highest BCUT2D eigenvalue weighted by Crippen LogP contribution is 2.27. The van der Waals surface area contributed by atoms with Gasteiger partial charge in [0.25, 0.3) is 11.6 Å². The molecule has 24 heavy (non-hydrogen) atoms. The standard InChI is InChI=1S/C16H14BrClN2O4/c1-19(9-11-7-12(18)4-6-15(11)24-2)16(21)10-3-5-13(17)14(8-10)20(22)23/h3-8H,9H2,1-2H3. The number of nitro groups is 1. The molecule has 1 amide bonds. The van der Waals surface area contributed by atoms with Crippen LogP contribution in [0.2, 0.25) is 5.02 Å². The molecular weight excluding hydrogens is 400 g/mol. The van der Waals surface area contributed by atoms with Gasteiger partial charge in [0.05, 0.1) is 16.5 Å². The molecule has 2 aromatic rings. The Kier molecular flexibility index (Phi) is 5.80. The highest BCUT2D eigenvalue weighted by Gasteiger charge is 2.19. The molecule has 0 atom stereocenters. The van der Waals surface area contributed by atoms with E-state index >= 15 is 0 Å². The number of methoxy groups -OCH3 is 1. The molecule has 0 aliphatic rings. The summed E-state index contributed by atoms with van der Waals surface area (Å²) in [5.41, 5.74) is 0.815. The van der Waals surface area contributed by atoms with E-state index < -0.39 is 4.92 Å². The molecule has 0 unspecified atom stereocenters. The highest BCUT2D eigenvalue weighted by molar-refractivity contribution is 9.10. The first-order valence-corrected chi connectivity index (χ1v) is 8.02. The second kappa shape index (κ2) is 7.63. The van der Waals surface area contributed by atoms with E-state index in [4.69, 9.17) is 16.3 Å². The second-order valence-corrected chi connectivity index (χ2v) is 6.33. The summed E-state index contributed by atoms with van der Waals surface area (Å²) in [6, 6.07) is 9.40. The summed E-state index contributed by atoms with van der Waals surface area (Å²) in [6.07, 6.45) is 0. The van der Waals surface area contributed by atoms with Gasteiger partial charge in [0.1, 0.15) is 5.75 Å². The first-order chi connectivity index (χ1) is 11.3. The monoisotopic (exact) mass is 412 g/mol. The molecule has 0 aromatic heterocycles. The predicted molar refractivity (Wildman–Crippen MR) is 94.6 cm³/mol. The van der Waals surface area contributed by atoms with Crippen LogP contribution < -0.4 is 4.74 Å². The molecule has 2 rings (SSSR count). The van der Waals surface area contributed by atoms with E-state index in [-0.39, 0.29) is 23.7 Å². The van der Waals surface area contributed by atoms with E-state index in [0.29, 0.717) is 15.2 Å². The molecule has 0 heterocycles. The van der Waals surface area contributed by atoms with Gasteiger partial charge >= 0.3 is 0 Å². The van der Waals surface area contributed by atoms with Crippen LogP contribution in [0.4, 0.5) is 5.69 Å². The summed E-state index contributed by atoms with van der Waals surface area (Å²) in [6.45, 7) is 0.256. The smallest absolute Gasteiger partial charge is 0.284 e. The van der Waals surface area contributed by atoms with E-state index in [9.17, 15) is 14.9 Å². The van der Waals surface area contributed by atoms with E-state index in [1.807, 2.05) is 0 Å². The maximum atomic E-state index is 12.5. The van der Waals surface area contributed by atoms with Gasteiger partial charge in [-0.15, -0.1) is 0 Å². The van der Waals surface area contributed by atoms with Crippen LogP contribution in [-0.2, 0) is 6.54 Å². The van der Waals surface area contributed by atoms with Crippen molar-refractivity contribution in [3.05, 3.63) is 67.1 Å². The fourth-order valence-electron chi connectivity index (χ4n) is 2.20. The van der Waals surface area contributed by atoms with E-state index in [0.717, 1.165) is 5.56 Å². The number of rotatable bonds is 5. The van der Waals surface area contributed by atoms with Gasteiger partial charge in [-0.3, -0.25) is 14.9 Å². The van der Waals surface area contributed by atoms with Crippen molar-refractivity contribution in [1.82, 2.24) is 4.90 Å². The molecule has 6 nitrogen and oxygen atoms in total. The Balaban J connectivity index is 2.26. The van der Waals surface area contributed by atoms with Crippen molar-refractivity contribution in [3.63, 3.8) is 0 Å². The highest BCUT2D eigenvalue weighted by atomic mass is 79.9. The van der Waals surface area contributed by atoms with Crippen LogP contribution in [-0.4, -0.2) is 29.9 Å². The zero-order valence-electron chi connectivity index (χ0n) is 13.0. The van der Waals surface area contributed by atoms with Crippen LogP contribution in [0.1, 0.15) is 15.9 Å². The third-order valence-electron chi connectivity index (χ3n) is 3.39. The van der Waals surface area contributed by atoms with Crippen LogP contribution in [0.25, 0.3) is 0 Å². The van der Waals surface area contributed by atoms with Crippen molar-refractivity contribution < 1.29 is 14.5 Å². The van der Waals surface area contributed by atoms with Crippen molar-refractivity contribution >= 4 is 39.1 Å². The number of nitro benzene ring substituents is 1. The molecule has 8 heteroatoms. The van der Waals surface area contributed by atoms with Crippen molar-refractivity contribution in [2.45, 2.75) is 6.54 Å². The lowest BCUT2D eigenvalue weighted by Crippen LogP contribution is -2.26. The Hall–Kier alpha value is -2.12. The molecule has 0 saturated carbocycles. The molecule has 2 aromatic carbocycles. The molecular formula is C16H14BrClN2O4. The molecule has 126 valence electrons. The lowest BCUT2D eigenvalue weighted by atomic mass is 10.1. The number of ether oxygens (including phenoxy) is 1. The molecule has 0 radical (unpaired) electrons. The Bertz CT molecular complexity index is 798. The summed E-state index contributed by atoms with van der Waals surface area (Å²) in [7, 11) is 3.14. The van der Waals surface area contributed by atoms with Gasteiger partial charge in [-0.1, -0.05) is 11.6 Å². The summed E-state index contributed by atoms with van der Waals surface area (Å²) < 4.78 is 5.58. The molecule has 0 aliphatic carbocycles. The fourth-order valence-corrected chi connectivity index (χ4v) is 2.79. The number of hydrogen-bond donors (Lipinski definition) is 0. The van der Waals surface area contributed by atoms with Gasteiger partial charge < -0.3 is 9.64 Å². The SMILES string of the molecule is COc1ccc(Cl)cc1CN(C)C(=O)c1ccc(Br)c([N+](=O)[O-])c1. The number of halogens is 2. The van der Waals surface area contributed by atoms with Crippen LogP contribution in [0.15, 0.2) is 40.9 Å². The Morgan fingerprint density at radius 2 is 2.04 bits per heavy atom. The normalized spacial score (nSPS) is 10.3. The summed E-state index contributed by atoms with van der Waals surface area (Å²) in [5, 5.41) is 11.5. The predicted octanol–water partition coefficient (Wildman–Crippen LogP) is 4.29. The molecule has 0 aliphatic heterocycles. The van der Waals surface area contributed by atoms with Crippen LogP contribution in [0.3, 0.4) is 0 Å². The molecule has 0 spiro atoms. The molecule has 0 saturated heterocycles. The number of hydrogen-bond acceptors (Lipinski definition) is 4. The number of carbonyl (C=O) groups excluding carboxylic acids is 1. The Morgan fingerprint density at radius 1 is 1.33 bits per heavy atom. The minimum Gasteiger partial charge on any atom is -0.496 e. The van der Waals surface area contributed by atoms with Gasteiger partial charge in [-0.05, 0) is 46.3 Å². The summed E-state index contributed by atoms with van der Waals surface area (Å²) in [4.78, 5) is 24.4. The number of benzene rings is 2. The first-order valence-electron chi connectivity index (χ1n) is 6.85. The number of carbonyl (C=O) groups is 1. The first kappa shape index (κ1) is 18.2. The Morgan fingerprint density at radius 3 is 2.67 bits per heavy atom. The van der Waals surface area contributed by atoms with Gasteiger partial charge in [0, 0.05) is 35.8 Å². The van der Waals surface area contributed by atoms with Crippen molar-refractivity contribution in [2.24, 2.45) is 0 Å². The van der Waals surface area contributed by atoms with E-state index in [2.05, 4.69) is 15.9 Å². The average Bonchev–Trinajstić information content (AvgIpc) is 2.54. The quantitative estimate of drug-likeness (QED) is 0.541. The zero-order valence-corrected chi connectivity index (χ0v) is 15.3. The third kappa shape index (κ3) is 4.04. The van der Waals surface area contributed by atoms with E-state index in [1.165, 1.54) is 30.2 Å². The van der Waals surface area contributed by atoms with Crippen molar-refractivity contribution in [1.29, 1.82) is 0 Å². The maximum Gasteiger partial charge on any atom is 0.284 e. The van der Waals surface area contributed by atoms with Gasteiger partial charge in [-0.2, -0.15) is 0 Å². The average molecular weight is 414 g/mol. The topological polar surface area (TPSA) is 72.7 Å². The fraction of sp³-hybridized carbons (Fsp3) is 0.188. The lowest BCUT2D eigenvalue weighted by Gasteiger charge is -2.19. The van der Waals surface area contributed by atoms with Gasteiger partial charge in [0.15, 0.2) is 0 Å². The van der Waals surface area contributed by atoms with Crippen LogP contribution in [0.5, 0.6) is 5.75 Å². The van der Waals surface area contributed by atoms with Crippen molar-refractivity contribution in [2.75, 3.05) is 14.2 Å². The Labute approximate surface area is 152 Å².